The van der Waals surface area contributed by atoms with Gasteiger partial charge in [-0.2, -0.15) is 0 Å². The molecule has 0 aromatic heterocycles. The Morgan fingerprint density at radius 2 is 0.476 bits per heavy atom. The predicted octanol–water partition coefficient (Wildman–Crippen LogP) is 24.2. The second-order valence-electron chi connectivity index (χ2n) is 23.0. The van der Waals surface area contributed by atoms with Crippen LogP contribution in [0, 0.1) is 0 Å². The summed E-state index contributed by atoms with van der Waals surface area (Å²) in [6.07, 6.45) is 95.5. The number of allylic oxidation sites excluding steroid dienone is 18. The van der Waals surface area contributed by atoms with Gasteiger partial charge in [0.15, 0.2) is 6.10 Å². The molecule has 0 heterocycles. The number of hydrogen-bond donors (Lipinski definition) is 0. The van der Waals surface area contributed by atoms with Crippen LogP contribution >= 0.6 is 0 Å². The number of carbonyl (C=O) groups is 3. The van der Waals surface area contributed by atoms with Crippen molar-refractivity contribution in [1.82, 2.24) is 0 Å². The first-order valence-electron chi connectivity index (χ1n) is 34.9. The van der Waals surface area contributed by atoms with Crippen LogP contribution in [0.2, 0.25) is 0 Å². The Bertz CT molecular complexity index is 1640. The van der Waals surface area contributed by atoms with Gasteiger partial charge in [-0.15, -0.1) is 0 Å². The summed E-state index contributed by atoms with van der Waals surface area (Å²) in [6, 6.07) is 0. The van der Waals surface area contributed by atoms with Gasteiger partial charge in [0.05, 0.1) is 0 Å². The van der Waals surface area contributed by atoms with Crippen LogP contribution in [0.25, 0.3) is 0 Å². The number of carbonyl (C=O) groups excluding carboxylic acids is 3. The summed E-state index contributed by atoms with van der Waals surface area (Å²) in [5, 5.41) is 0. The standard InChI is InChI=1S/C76H130O6/c1-4-7-10-13-16-19-22-25-27-29-31-33-35-37-38-39-41-42-44-46-48-51-54-57-60-63-66-69-75(78)81-72-73(71-80-74(77)68-65-62-59-56-53-50-24-21-18-15-12-9-6-3)82-76(79)70-67-64-61-58-55-52-49-47-45-43-40-36-34-32-30-28-26-23-20-17-14-11-8-5-2/h7,9-10,12,16,18-19,21,25,27,31,33,37-38,41-42,50,53,73H,4-6,8,11,13-15,17,20,22-24,26,28-30,32,34-36,39-40,43-49,51-52,54-72H2,1-3H3/b10-7-,12-9-,19-16-,21-18-,27-25-,33-31-,38-37-,42-41-,53-50-. The molecule has 6 nitrogen and oxygen atoms in total. The molecule has 6 heteroatoms. The molecule has 0 saturated carbocycles. The van der Waals surface area contributed by atoms with E-state index in [9.17, 15) is 14.4 Å². The van der Waals surface area contributed by atoms with Crippen molar-refractivity contribution < 1.29 is 28.6 Å². The first kappa shape index (κ1) is 78.1. The van der Waals surface area contributed by atoms with E-state index < -0.39 is 6.10 Å². The van der Waals surface area contributed by atoms with Crippen molar-refractivity contribution in [1.29, 1.82) is 0 Å². The second kappa shape index (κ2) is 69.6. The Morgan fingerprint density at radius 1 is 0.256 bits per heavy atom. The highest BCUT2D eigenvalue weighted by Gasteiger charge is 2.19. The van der Waals surface area contributed by atoms with Crippen LogP contribution in [-0.2, 0) is 28.6 Å². The molecular formula is C76H130O6. The van der Waals surface area contributed by atoms with E-state index >= 15 is 0 Å². The van der Waals surface area contributed by atoms with Gasteiger partial charge in [-0.25, -0.2) is 0 Å². The SMILES string of the molecule is CC/C=C\C/C=C\C/C=C\C/C=C\C/C=C\C/C=C\CCCCCCCCCCC(=O)OCC(COC(=O)CCCCC/C=C\C/C=C\C/C=C\CC)OC(=O)CCCCCCCCCCCCCCCCCCCCCCCCCC. The van der Waals surface area contributed by atoms with Gasteiger partial charge in [0.2, 0.25) is 0 Å². The first-order chi connectivity index (χ1) is 40.5. The largest absolute Gasteiger partial charge is 0.462 e. The molecule has 0 aromatic rings. The Kier molecular flexibility index (Phi) is 66.2. The van der Waals surface area contributed by atoms with E-state index in [2.05, 4.69) is 130 Å². The molecule has 0 N–H and O–H groups in total. The normalized spacial score (nSPS) is 12.8. The van der Waals surface area contributed by atoms with Crippen LogP contribution in [0.5, 0.6) is 0 Å². The summed E-state index contributed by atoms with van der Waals surface area (Å²) >= 11 is 0. The van der Waals surface area contributed by atoms with Crippen LogP contribution in [-0.4, -0.2) is 37.2 Å². The highest BCUT2D eigenvalue weighted by molar-refractivity contribution is 5.71. The predicted molar refractivity (Wildman–Crippen MR) is 357 cm³/mol. The lowest BCUT2D eigenvalue weighted by Gasteiger charge is -2.18. The van der Waals surface area contributed by atoms with Gasteiger partial charge in [-0.1, -0.05) is 323 Å². The summed E-state index contributed by atoms with van der Waals surface area (Å²) in [5.74, 6) is -0.914. The fourth-order valence-electron chi connectivity index (χ4n) is 9.88. The van der Waals surface area contributed by atoms with Crippen molar-refractivity contribution in [2.45, 2.75) is 341 Å². The molecule has 0 rings (SSSR count). The zero-order valence-corrected chi connectivity index (χ0v) is 54.0. The van der Waals surface area contributed by atoms with E-state index in [0.717, 1.165) is 128 Å². The topological polar surface area (TPSA) is 78.9 Å². The van der Waals surface area contributed by atoms with Gasteiger partial charge in [-0.05, 0) is 103 Å². The molecule has 470 valence electrons. The maximum Gasteiger partial charge on any atom is 0.306 e. The number of hydrogen-bond acceptors (Lipinski definition) is 6. The molecule has 0 aromatic carbocycles. The van der Waals surface area contributed by atoms with Crippen molar-refractivity contribution in [2.75, 3.05) is 13.2 Å². The van der Waals surface area contributed by atoms with E-state index in [4.69, 9.17) is 14.2 Å². The van der Waals surface area contributed by atoms with Crippen LogP contribution in [0.15, 0.2) is 109 Å². The molecular weight excluding hydrogens is 1010 g/mol. The molecule has 0 fully saturated rings. The van der Waals surface area contributed by atoms with Crippen molar-refractivity contribution in [3.63, 3.8) is 0 Å². The van der Waals surface area contributed by atoms with Crippen molar-refractivity contribution in [2.24, 2.45) is 0 Å². The lowest BCUT2D eigenvalue weighted by Crippen LogP contribution is -2.30. The van der Waals surface area contributed by atoms with E-state index in [1.165, 1.54) is 167 Å². The fraction of sp³-hybridized carbons (Fsp3) is 0.724. The van der Waals surface area contributed by atoms with E-state index in [-0.39, 0.29) is 31.1 Å². The minimum absolute atomic E-state index is 0.0904. The van der Waals surface area contributed by atoms with E-state index in [1.54, 1.807) is 0 Å². The molecule has 1 unspecified atom stereocenters. The monoisotopic (exact) mass is 1140 g/mol. The average Bonchev–Trinajstić information content (AvgIpc) is 3.47. The maximum absolute atomic E-state index is 13.0. The number of rotatable bonds is 63. The van der Waals surface area contributed by atoms with Gasteiger partial charge >= 0.3 is 17.9 Å². The zero-order valence-electron chi connectivity index (χ0n) is 54.0. The minimum atomic E-state index is -0.795. The van der Waals surface area contributed by atoms with Crippen molar-refractivity contribution in [3.8, 4) is 0 Å². The highest BCUT2D eigenvalue weighted by Crippen LogP contribution is 2.18. The lowest BCUT2D eigenvalue weighted by atomic mass is 10.0. The molecule has 82 heavy (non-hydrogen) atoms. The maximum atomic E-state index is 13.0. The number of unbranched alkanes of at least 4 members (excludes halogenated alkanes) is 34. The lowest BCUT2D eigenvalue weighted by molar-refractivity contribution is -0.167. The van der Waals surface area contributed by atoms with Gasteiger partial charge in [0.25, 0.3) is 0 Å². The molecule has 0 spiro atoms. The van der Waals surface area contributed by atoms with E-state index in [0.29, 0.717) is 19.3 Å². The molecule has 0 aliphatic rings. The zero-order chi connectivity index (χ0) is 59.2. The average molecular weight is 1140 g/mol. The smallest absolute Gasteiger partial charge is 0.306 e. The summed E-state index contributed by atoms with van der Waals surface area (Å²) in [4.78, 5) is 38.4. The Labute approximate surface area is 508 Å². The molecule has 0 aliphatic carbocycles. The molecule has 0 amide bonds. The third-order valence-electron chi connectivity index (χ3n) is 15.0. The van der Waals surface area contributed by atoms with Crippen molar-refractivity contribution in [3.05, 3.63) is 109 Å². The summed E-state index contributed by atoms with van der Waals surface area (Å²) in [7, 11) is 0. The third kappa shape index (κ3) is 66.9. The molecule has 0 saturated heterocycles. The number of ether oxygens (including phenoxy) is 3. The Balaban J connectivity index is 4.31. The minimum Gasteiger partial charge on any atom is -0.462 e. The van der Waals surface area contributed by atoms with Crippen molar-refractivity contribution >= 4 is 17.9 Å². The highest BCUT2D eigenvalue weighted by atomic mass is 16.6. The molecule has 0 aliphatic heterocycles. The molecule has 0 bridgehead atoms. The Morgan fingerprint density at radius 3 is 0.756 bits per heavy atom. The van der Waals surface area contributed by atoms with Gasteiger partial charge in [0, 0.05) is 19.3 Å². The van der Waals surface area contributed by atoms with Crippen LogP contribution in [0.3, 0.4) is 0 Å². The summed E-state index contributed by atoms with van der Waals surface area (Å²) in [6.45, 7) is 6.42. The van der Waals surface area contributed by atoms with Gasteiger partial charge in [0.1, 0.15) is 13.2 Å². The van der Waals surface area contributed by atoms with Gasteiger partial charge < -0.3 is 14.2 Å². The van der Waals surface area contributed by atoms with Crippen LogP contribution < -0.4 is 0 Å². The third-order valence-corrected chi connectivity index (χ3v) is 15.0. The second-order valence-corrected chi connectivity index (χ2v) is 23.0. The first-order valence-corrected chi connectivity index (χ1v) is 34.9. The quantitative estimate of drug-likeness (QED) is 0.0261. The van der Waals surface area contributed by atoms with Crippen LogP contribution in [0.4, 0.5) is 0 Å². The van der Waals surface area contributed by atoms with Crippen LogP contribution in [0.1, 0.15) is 335 Å². The molecule has 1 atom stereocenters. The Hall–Kier alpha value is -3.93. The summed E-state index contributed by atoms with van der Waals surface area (Å²) < 4.78 is 16.9. The number of esters is 3. The fourth-order valence-corrected chi connectivity index (χ4v) is 9.88. The van der Waals surface area contributed by atoms with E-state index in [1.807, 2.05) is 0 Å². The summed E-state index contributed by atoms with van der Waals surface area (Å²) in [5.41, 5.74) is 0. The molecule has 0 radical (unpaired) electrons. The van der Waals surface area contributed by atoms with Gasteiger partial charge in [-0.3, -0.25) is 14.4 Å².